The zero-order chi connectivity index (χ0) is 13.5. The third-order valence-corrected chi connectivity index (χ3v) is 1.32. The van der Waals surface area contributed by atoms with Gasteiger partial charge in [-0.1, -0.05) is 30.3 Å². The Morgan fingerprint density at radius 3 is 1.82 bits per heavy atom. The summed E-state index contributed by atoms with van der Waals surface area (Å²) in [6.45, 7) is 0. The van der Waals surface area contributed by atoms with Crippen molar-refractivity contribution < 1.29 is 32.5 Å². The average molecular weight is 262 g/mol. The molecule has 0 aliphatic carbocycles. The van der Waals surface area contributed by atoms with Crippen molar-refractivity contribution in [1.29, 1.82) is 0 Å². The Hall–Kier alpha value is -1.90. The number of aliphatic hydroxyl groups excluding tert-OH is 1. The second-order valence-electron chi connectivity index (χ2n) is 2.69. The van der Waals surface area contributed by atoms with Crippen LogP contribution >= 0.6 is 0 Å². The minimum Gasteiger partial charge on any atom is -0.502 e. The third-order valence-electron chi connectivity index (χ3n) is 1.32. The molecule has 1 rings (SSSR count). The molecule has 0 amide bonds. The van der Waals surface area contributed by atoms with Crippen LogP contribution in [0.25, 0.3) is 6.08 Å². The van der Waals surface area contributed by atoms with Crippen LogP contribution in [0, 0.1) is 0 Å². The third kappa shape index (κ3) is 10.4. The van der Waals surface area contributed by atoms with E-state index < -0.39 is 22.1 Å². The number of carboxylic acid groups (broad SMARTS) is 1. The molecule has 4 N–H and O–H groups in total. The molecule has 0 aliphatic rings. The maximum absolute atomic E-state index is 10.2. The van der Waals surface area contributed by atoms with E-state index in [1.807, 2.05) is 6.07 Å². The highest BCUT2D eigenvalue weighted by Crippen LogP contribution is 2.03. The fourth-order valence-corrected chi connectivity index (χ4v) is 0.769. The summed E-state index contributed by atoms with van der Waals surface area (Å²) in [6, 6.07) is 8.76. The van der Waals surface area contributed by atoms with Gasteiger partial charge in [-0.3, -0.25) is 9.11 Å². The number of carboxylic acids is 1. The number of carbonyl (C=O) groups is 1. The SMILES string of the molecule is O=C(O)C(O)=Cc1ccccc1.O=S(=O)(O)O. The van der Waals surface area contributed by atoms with Gasteiger partial charge in [-0.15, -0.1) is 0 Å². The molecule has 1 aromatic carbocycles. The predicted octanol–water partition coefficient (Wildman–Crippen LogP) is 1.02. The molecular formula is C9H10O7S. The Bertz CT molecular complexity index is 481. The maximum Gasteiger partial charge on any atom is 0.394 e. The van der Waals surface area contributed by atoms with Gasteiger partial charge in [0.2, 0.25) is 5.76 Å². The summed E-state index contributed by atoms with van der Waals surface area (Å²) in [6.07, 6.45) is 1.20. The Morgan fingerprint density at radius 1 is 1.06 bits per heavy atom. The van der Waals surface area contributed by atoms with Gasteiger partial charge in [-0.2, -0.15) is 8.42 Å². The van der Waals surface area contributed by atoms with Gasteiger partial charge in [0.1, 0.15) is 0 Å². The van der Waals surface area contributed by atoms with E-state index in [1.165, 1.54) is 6.08 Å². The predicted molar refractivity (Wildman–Crippen MR) is 58.9 cm³/mol. The largest absolute Gasteiger partial charge is 0.502 e. The quantitative estimate of drug-likeness (QED) is 0.355. The molecule has 94 valence electrons. The van der Waals surface area contributed by atoms with Gasteiger partial charge >= 0.3 is 16.4 Å². The number of rotatable bonds is 2. The summed E-state index contributed by atoms with van der Waals surface area (Å²) < 4.78 is 31.6. The zero-order valence-corrected chi connectivity index (χ0v) is 9.20. The highest BCUT2D eigenvalue weighted by molar-refractivity contribution is 7.79. The van der Waals surface area contributed by atoms with Crippen LogP contribution in [0.2, 0.25) is 0 Å². The van der Waals surface area contributed by atoms with Gasteiger partial charge in [-0.25, -0.2) is 4.79 Å². The molecule has 0 heterocycles. The summed E-state index contributed by atoms with van der Waals surface area (Å²) >= 11 is 0. The minimum atomic E-state index is -4.67. The number of aliphatic carboxylic acids is 1. The van der Waals surface area contributed by atoms with E-state index in [0.29, 0.717) is 5.56 Å². The van der Waals surface area contributed by atoms with E-state index in [1.54, 1.807) is 24.3 Å². The standard InChI is InChI=1S/C9H8O3.H2O4S/c10-8(9(11)12)6-7-4-2-1-3-5-7;1-5(2,3)4/h1-6,10H,(H,11,12);(H2,1,2,3,4). The second kappa shape index (κ2) is 6.63. The smallest absolute Gasteiger partial charge is 0.394 e. The highest BCUT2D eigenvalue weighted by atomic mass is 32.3. The Morgan fingerprint density at radius 2 is 1.47 bits per heavy atom. The van der Waals surface area contributed by atoms with E-state index >= 15 is 0 Å². The molecule has 8 heteroatoms. The monoisotopic (exact) mass is 262 g/mol. The molecule has 17 heavy (non-hydrogen) atoms. The van der Waals surface area contributed by atoms with E-state index in [0.717, 1.165) is 0 Å². The van der Waals surface area contributed by atoms with Crippen LogP contribution in [0.5, 0.6) is 0 Å². The van der Waals surface area contributed by atoms with Crippen LogP contribution < -0.4 is 0 Å². The molecular weight excluding hydrogens is 252 g/mol. The Balaban J connectivity index is 0.000000437. The Labute approximate surface area is 97.2 Å². The average Bonchev–Trinajstić information content (AvgIpc) is 2.16. The maximum atomic E-state index is 10.2. The highest BCUT2D eigenvalue weighted by Gasteiger charge is 2.01. The number of aliphatic hydroxyl groups is 1. The van der Waals surface area contributed by atoms with Crippen molar-refractivity contribution >= 4 is 22.4 Å². The molecule has 0 aliphatic heterocycles. The lowest BCUT2D eigenvalue weighted by Crippen LogP contribution is -1.98. The lowest BCUT2D eigenvalue weighted by molar-refractivity contribution is -0.135. The van der Waals surface area contributed by atoms with Gasteiger partial charge in [-0.05, 0) is 11.6 Å². The van der Waals surface area contributed by atoms with Crippen molar-refractivity contribution in [1.82, 2.24) is 0 Å². The van der Waals surface area contributed by atoms with Gasteiger partial charge < -0.3 is 10.2 Å². The Kier molecular flexibility index (Phi) is 5.89. The number of benzene rings is 1. The van der Waals surface area contributed by atoms with Crippen LogP contribution in [0.3, 0.4) is 0 Å². The molecule has 0 atom stereocenters. The first-order chi connectivity index (χ1) is 7.70. The molecule has 0 fully saturated rings. The molecule has 0 radical (unpaired) electrons. The summed E-state index contributed by atoms with van der Waals surface area (Å²) in [5, 5.41) is 17.2. The lowest BCUT2D eigenvalue weighted by Gasteiger charge is -1.92. The molecule has 0 spiro atoms. The normalized spacial score (nSPS) is 11.3. The van der Waals surface area contributed by atoms with E-state index in [4.69, 9.17) is 27.7 Å². The zero-order valence-electron chi connectivity index (χ0n) is 8.39. The summed E-state index contributed by atoms with van der Waals surface area (Å²) in [5.41, 5.74) is 0.664. The summed E-state index contributed by atoms with van der Waals surface area (Å²) in [4.78, 5) is 10.2. The minimum absolute atomic E-state index is 0.652. The first-order valence-corrected chi connectivity index (χ1v) is 5.48. The molecule has 0 saturated carbocycles. The van der Waals surface area contributed by atoms with Crippen molar-refractivity contribution in [2.45, 2.75) is 0 Å². The lowest BCUT2D eigenvalue weighted by atomic mass is 10.2. The summed E-state index contributed by atoms with van der Waals surface area (Å²) in [5.74, 6) is -1.97. The van der Waals surface area contributed by atoms with E-state index in [-0.39, 0.29) is 0 Å². The fraction of sp³-hybridized carbons (Fsp3) is 0. The molecule has 0 bridgehead atoms. The first kappa shape index (κ1) is 15.1. The van der Waals surface area contributed by atoms with Crippen molar-refractivity contribution in [3.8, 4) is 0 Å². The van der Waals surface area contributed by atoms with E-state index in [9.17, 15) is 4.79 Å². The topological polar surface area (TPSA) is 132 Å². The molecule has 1 aromatic rings. The van der Waals surface area contributed by atoms with Crippen LogP contribution in [0.15, 0.2) is 36.1 Å². The van der Waals surface area contributed by atoms with Gasteiger partial charge in [0.15, 0.2) is 0 Å². The number of hydrogen-bond donors (Lipinski definition) is 4. The van der Waals surface area contributed by atoms with E-state index in [2.05, 4.69) is 0 Å². The van der Waals surface area contributed by atoms with Crippen molar-refractivity contribution in [2.24, 2.45) is 0 Å². The molecule has 0 saturated heterocycles. The van der Waals surface area contributed by atoms with Crippen molar-refractivity contribution in [3.63, 3.8) is 0 Å². The molecule has 0 unspecified atom stereocenters. The van der Waals surface area contributed by atoms with Gasteiger partial charge in [0.05, 0.1) is 0 Å². The van der Waals surface area contributed by atoms with Crippen LogP contribution in [0.4, 0.5) is 0 Å². The summed E-state index contributed by atoms with van der Waals surface area (Å²) in [7, 11) is -4.67. The van der Waals surface area contributed by atoms with Crippen LogP contribution in [0.1, 0.15) is 5.56 Å². The van der Waals surface area contributed by atoms with Crippen molar-refractivity contribution in [3.05, 3.63) is 41.7 Å². The van der Waals surface area contributed by atoms with Crippen molar-refractivity contribution in [2.75, 3.05) is 0 Å². The van der Waals surface area contributed by atoms with Gasteiger partial charge in [0, 0.05) is 0 Å². The second-order valence-corrected chi connectivity index (χ2v) is 3.59. The van der Waals surface area contributed by atoms with Crippen LogP contribution in [-0.4, -0.2) is 33.7 Å². The number of hydrogen-bond acceptors (Lipinski definition) is 4. The fourth-order valence-electron chi connectivity index (χ4n) is 0.769. The van der Waals surface area contributed by atoms with Gasteiger partial charge in [0.25, 0.3) is 0 Å². The van der Waals surface area contributed by atoms with Crippen LogP contribution in [-0.2, 0) is 15.2 Å². The first-order valence-electron chi connectivity index (χ1n) is 4.09. The molecule has 7 nitrogen and oxygen atoms in total. The molecule has 0 aromatic heterocycles.